The summed E-state index contributed by atoms with van der Waals surface area (Å²) in [6, 6.07) is 0. The lowest BCUT2D eigenvalue weighted by Gasteiger charge is -2.24. The summed E-state index contributed by atoms with van der Waals surface area (Å²) in [5.74, 6) is 0.113. The molecule has 0 atom stereocenters. The Kier molecular flexibility index (Phi) is 5.32. The monoisotopic (exact) mass is 266 g/mol. The molecule has 1 aliphatic rings. The van der Waals surface area contributed by atoms with Crippen LogP contribution in [0.15, 0.2) is 6.20 Å². The number of rotatable bonds is 4. The number of hydrogen-bond donors (Lipinski definition) is 1. The Hall–Kier alpha value is -1.43. The van der Waals surface area contributed by atoms with Crippen molar-refractivity contribution in [3.8, 4) is 0 Å². The fourth-order valence-corrected chi connectivity index (χ4v) is 2.38. The van der Waals surface area contributed by atoms with E-state index in [-0.39, 0.29) is 19.1 Å². The number of likely N-dealkylation sites (tertiary alicyclic amines) is 1. The summed E-state index contributed by atoms with van der Waals surface area (Å²) in [5, 5.41) is 16.7. The first-order chi connectivity index (χ1) is 9.29. The van der Waals surface area contributed by atoms with E-state index in [1.54, 1.807) is 10.9 Å². The van der Waals surface area contributed by atoms with Gasteiger partial charge in [0.1, 0.15) is 6.54 Å². The van der Waals surface area contributed by atoms with Crippen LogP contribution in [0.1, 0.15) is 37.8 Å². The van der Waals surface area contributed by atoms with Crippen molar-refractivity contribution < 1.29 is 9.90 Å². The molecule has 106 valence electrons. The molecule has 1 fully saturated rings. The zero-order valence-electron chi connectivity index (χ0n) is 11.3. The van der Waals surface area contributed by atoms with Crippen LogP contribution in [0.2, 0.25) is 0 Å². The highest BCUT2D eigenvalue weighted by atomic mass is 16.3. The molecule has 1 N–H and O–H groups in total. The van der Waals surface area contributed by atoms with E-state index in [0.29, 0.717) is 6.42 Å². The third kappa shape index (κ3) is 4.31. The van der Waals surface area contributed by atoms with Gasteiger partial charge in [-0.15, -0.1) is 5.10 Å². The highest BCUT2D eigenvalue weighted by Gasteiger charge is 2.15. The molecule has 0 saturated carbocycles. The Balaban J connectivity index is 1.87. The molecule has 1 saturated heterocycles. The van der Waals surface area contributed by atoms with E-state index in [1.807, 2.05) is 4.90 Å². The summed E-state index contributed by atoms with van der Waals surface area (Å²) in [5.41, 5.74) is 0.725. The lowest BCUT2D eigenvalue weighted by molar-refractivity contribution is -0.132. The molecular formula is C13H22N4O2. The topological polar surface area (TPSA) is 71.2 Å². The molecule has 1 amide bonds. The SMILES string of the molecule is O=C(Cn1cc(CCO)nn1)N1CCCCCCC1. The molecule has 0 bridgehead atoms. The van der Waals surface area contributed by atoms with Crippen molar-refractivity contribution >= 4 is 5.91 Å². The minimum absolute atomic E-state index is 0.0543. The first-order valence-electron chi connectivity index (χ1n) is 7.07. The van der Waals surface area contributed by atoms with E-state index in [2.05, 4.69) is 10.3 Å². The molecule has 1 aromatic heterocycles. The minimum Gasteiger partial charge on any atom is -0.396 e. The molecule has 6 nitrogen and oxygen atoms in total. The number of carbonyl (C=O) groups is 1. The van der Waals surface area contributed by atoms with Crippen molar-refractivity contribution in [3.05, 3.63) is 11.9 Å². The van der Waals surface area contributed by atoms with Crippen LogP contribution in [0.4, 0.5) is 0 Å². The number of aliphatic hydroxyl groups excluding tert-OH is 1. The van der Waals surface area contributed by atoms with Crippen LogP contribution in [0.5, 0.6) is 0 Å². The molecule has 2 rings (SSSR count). The molecule has 1 aromatic rings. The van der Waals surface area contributed by atoms with Gasteiger partial charge in [-0.1, -0.05) is 24.5 Å². The van der Waals surface area contributed by atoms with Gasteiger partial charge in [-0.3, -0.25) is 4.79 Å². The second kappa shape index (κ2) is 7.23. The van der Waals surface area contributed by atoms with Crippen molar-refractivity contribution in [2.45, 2.75) is 45.1 Å². The average Bonchev–Trinajstić information content (AvgIpc) is 2.76. The van der Waals surface area contributed by atoms with Gasteiger partial charge in [0.2, 0.25) is 5.91 Å². The summed E-state index contributed by atoms with van der Waals surface area (Å²) < 4.78 is 1.56. The average molecular weight is 266 g/mol. The van der Waals surface area contributed by atoms with Crippen molar-refractivity contribution in [2.75, 3.05) is 19.7 Å². The summed E-state index contributed by atoms with van der Waals surface area (Å²) in [7, 11) is 0. The van der Waals surface area contributed by atoms with E-state index in [9.17, 15) is 4.79 Å². The fraction of sp³-hybridized carbons (Fsp3) is 0.769. The van der Waals surface area contributed by atoms with Crippen LogP contribution in [-0.2, 0) is 17.8 Å². The predicted molar refractivity (Wildman–Crippen MR) is 70.5 cm³/mol. The van der Waals surface area contributed by atoms with E-state index in [0.717, 1.165) is 31.6 Å². The highest BCUT2D eigenvalue weighted by molar-refractivity contribution is 5.75. The number of hydrogen-bond acceptors (Lipinski definition) is 4. The fourth-order valence-electron chi connectivity index (χ4n) is 2.38. The zero-order chi connectivity index (χ0) is 13.5. The Bertz CT molecular complexity index is 397. The van der Waals surface area contributed by atoms with Crippen LogP contribution in [0.3, 0.4) is 0 Å². The maximum absolute atomic E-state index is 12.2. The lowest BCUT2D eigenvalue weighted by atomic mass is 10.1. The molecule has 0 radical (unpaired) electrons. The van der Waals surface area contributed by atoms with E-state index < -0.39 is 0 Å². The molecule has 19 heavy (non-hydrogen) atoms. The number of nitrogens with zero attached hydrogens (tertiary/aromatic N) is 4. The van der Waals surface area contributed by atoms with Gasteiger partial charge in [-0.2, -0.15) is 0 Å². The first kappa shape index (κ1) is 14.0. The Labute approximate surface area is 113 Å². The molecular weight excluding hydrogens is 244 g/mol. The molecule has 6 heteroatoms. The minimum atomic E-state index is 0.0543. The largest absolute Gasteiger partial charge is 0.396 e. The first-order valence-corrected chi connectivity index (χ1v) is 7.07. The van der Waals surface area contributed by atoms with Gasteiger partial charge in [0.25, 0.3) is 0 Å². The van der Waals surface area contributed by atoms with Gasteiger partial charge < -0.3 is 10.0 Å². The van der Waals surface area contributed by atoms with E-state index >= 15 is 0 Å². The van der Waals surface area contributed by atoms with Gasteiger partial charge in [0, 0.05) is 32.3 Å². The highest BCUT2D eigenvalue weighted by Crippen LogP contribution is 2.11. The van der Waals surface area contributed by atoms with Crippen LogP contribution in [0, 0.1) is 0 Å². The smallest absolute Gasteiger partial charge is 0.244 e. The zero-order valence-corrected chi connectivity index (χ0v) is 11.3. The Morgan fingerprint density at radius 1 is 1.21 bits per heavy atom. The quantitative estimate of drug-likeness (QED) is 0.866. The van der Waals surface area contributed by atoms with Crippen molar-refractivity contribution in [1.29, 1.82) is 0 Å². The maximum Gasteiger partial charge on any atom is 0.244 e. The third-order valence-electron chi connectivity index (χ3n) is 3.46. The molecule has 0 aromatic carbocycles. The van der Waals surface area contributed by atoms with Crippen molar-refractivity contribution in [1.82, 2.24) is 19.9 Å². The van der Waals surface area contributed by atoms with Crippen molar-refractivity contribution in [3.63, 3.8) is 0 Å². The number of aromatic nitrogens is 3. The summed E-state index contributed by atoms with van der Waals surface area (Å²) in [6.07, 6.45) is 8.13. The summed E-state index contributed by atoms with van der Waals surface area (Å²) >= 11 is 0. The second-order valence-electron chi connectivity index (χ2n) is 5.03. The van der Waals surface area contributed by atoms with Crippen LogP contribution >= 0.6 is 0 Å². The van der Waals surface area contributed by atoms with Crippen molar-refractivity contribution in [2.24, 2.45) is 0 Å². The molecule has 0 unspecified atom stereocenters. The second-order valence-corrected chi connectivity index (χ2v) is 5.03. The standard InChI is InChI=1S/C13H22N4O2/c18-9-6-12-10-17(15-14-12)11-13(19)16-7-4-2-1-3-5-8-16/h10,18H,1-9,11H2. The molecule has 2 heterocycles. The van der Waals surface area contributed by atoms with Gasteiger partial charge in [-0.25, -0.2) is 4.68 Å². The predicted octanol–water partition coefficient (Wildman–Crippen LogP) is 0.606. The normalized spacial score (nSPS) is 17.0. The number of amides is 1. The lowest BCUT2D eigenvalue weighted by Crippen LogP contribution is -2.36. The Morgan fingerprint density at radius 3 is 2.58 bits per heavy atom. The molecule has 0 spiro atoms. The molecule has 1 aliphatic heterocycles. The number of carbonyl (C=O) groups excluding carboxylic acids is 1. The summed E-state index contributed by atoms with van der Waals surface area (Å²) in [4.78, 5) is 14.1. The van der Waals surface area contributed by atoms with Gasteiger partial charge in [0.05, 0.1) is 5.69 Å². The van der Waals surface area contributed by atoms with E-state index in [1.165, 1.54) is 19.3 Å². The van der Waals surface area contributed by atoms with Crippen LogP contribution in [-0.4, -0.2) is 50.6 Å². The summed E-state index contributed by atoms with van der Waals surface area (Å²) in [6.45, 7) is 2.02. The van der Waals surface area contributed by atoms with Gasteiger partial charge in [-0.05, 0) is 12.8 Å². The maximum atomic E-state index is 12.2. The van der Waals surface area contributed by atoms with Gasteiger partial charge >= 0.3 is 0 Å². The number of aliphatic hydroxyl groups is 1. The van der Waals surface area contributed by atoms with E-state index in [4.69, 9.17) is 5.11 Å². The third-order valence-corrected chi connectivity index (χ3v) is 3.46. The van der Waals surface area contributed by atoms with Crippen LogP contribution in [0.25, 0.3) is 0 Å². The Morgan fingerprint density at radius 2 is 1.89 bits per heavy atom. The van der Waals surface area contributed by atoms with Crippen LogP contribution < -0.4 is 0 Å². The van der Waals surface area contributed by atoms with Gasteiger partial charge in [0.15, 0.2) is 0 Å². The molecule has 0 aliphatic carbocycles.